The Labute approximate surface area is 289 Å². The Kier molecular flexibility index (Phi) is 12.1. The van der Waals surface area contributed by atoms with E-state index < -0.39 is 29.5 Å². The topological polar surface area (TPSA) is 106 Å². The number of carbonyl (C=O) groups excluding carboxylic acids is 2. The van der Waals surface area contributed by atoms with E-state index in [-0.39, 0.29) is 18.0 Å². The first kappa shape index (κ1) is 35.3. The third-order valence-electron chi connectivity index (χ3n) is 9.05. The van der Waals surface area contributed by atoms with Gasteiger partial charge in [0.05, 0.1) is 36.3 Å². The lowest BCUT2D eigenvalue weighted by atomic mass is 9.82. The van der Waals surface area contributed by atoms with Crippen LogP contribution in [0.15, 0.2) is 102 Å². The molecule has 0 bridgehead atoms. The summed E-state index contributed by atoms with van der Waals surface area (Å²) in [6.45, 7) is 6.95. The number of benzene rings is 3. The Morgan fingerprint density at radius 3 is 2.44 bits per heavy atom. The Morgan fingerprint density at radius 1 is 1.06 bits per heavy atom. The SMILES string of the molecule is CC(OCc1ccccc1)[C@H](NC(=O)[C@H](C)N)C(=O)N1CCC[C@H]1/C=C/[C@@](C)(Cc1cccc(Cl)c1)C1=N[C@@H](Cc2ccccc2)CO1. The average Bonchev–Trinajstić information content (AvgIpc) is 3.76. The molecule has 2 amide bonds. The summed E-state index contributed by atoms with van der Waals surface area (Å²) in [5.41, 5.74) is 8.58. The second-order valence-corrected chi connectivity index (χ2v) is 13.6. The van der Waals surface area contributed by atoms with E-state index in [9.17, 15) is 9.59 Å². The van der Waals surface area contributed by atoms with Crippen LogP contribution in [0, 0.1) is 5.41 Å². The van der Waals surface area contributed by atoms with Crippen molar-refractivity contribution in [2.24, 2.45) is 16.1 Å². The third kappa shape index (κ3) is 9.34. The molecule has 254 valence electrons. The maximum atomic E-state index is 14.2. The van der Waals surface area contributed by atoms with E-state index in [1.165, 1.54) is 5.56 Å². The van der Waals surface area contributed by atoms with E-state index in [1.807, 2.05) is 78.6 Å². The summed E-state index contributed by atoms with van der Waals surface area (Å²) in [7, 11) is 0. The van der Waals surface area contributed by atoms with E-state index in [4.69, 9.17) is 31.8 Å². The van der Waals surface area contributed by atoms with Crippen molar-refractivity contribution in [1.29, 1.82) is 0 Å². The molecule has 3 aromatic rings. The second-order valence-electron chi connectivity index (χ2n) is 13.2. The van der Waals surface area contributed by atoms with Crippen LogP contribution in [0.3, 0.4) is 0 Å². The molecule has 1 unspecified atom stereocenters. The molecule has 1 fully saturated rings. The number of carbonyl (C=O) groups is 2. The van der Waals surface area contributed by atoms with Gasteiger partial charge in [0.15, 0.2) is 5.90 Å². The number of halogens is 1. The van der Waals surface area contributed by atoms with Gasteiger partial charge in [0.2, 0.25) is 11.8 Å². The number of nitrogens with zero attached hydrogens (tertiary/aromatic N) is 2. The first-order valence-corrected chi connectivity index (χ1v) is 17.2. The maximum Gasteiger partial charge on any atom is 0.248 e. The fourth-order valence-corrected chi connectivity index (χ4v) is 6.54. The number of hydrogen-bond donors (Lipinski definition) is 2. The number of rotatable bonds is 14. The minimum absolute atomic E-state index is 0.0192. The van der Waals surface area contributed by atoms with Gasteiger partial charge in [-0.2, -0.15) is 0 Å². The second kappa shape index (κ2) is 16.4. The Hall–Kier alpha value is -3.98. The van der Waals surface area contributed by atoms with Gasteiger partial charge in [-0.3, -0.25) is 9.59 Å². The van der Waals surface area contributed by atoms with E-state index in [2.05, 4.69) is 42.6 Å². The molecular weight excluding hydrogens is 624 g/mol. The predicted octanol–water partition coefficient (Wildman–Crippen LogP) is 5.91. The minimum Gasteiger partial charge on any atom is -0.478 e. The van der Waals surface area contributed by atoms with Crippen molar-refractivity contribution >= 4 is 29.3 Å². The van der Waals surface area contributed by atoms with Crippen molar-refractivity contribution in [1.82, 2.24) is 10.2 Å². The summed E-state index contributed by atoms with van der Waals surface area (Å²) in [5, 5.41) is 3.55. The van der Waals surface area contributed by atoms with Gasteiger partial charge in [-0.1, -0.05) is 96.5 Å². The summed E-state index contributed by atoms with van der Waals surface area (Å²) >= 11 is 6.38. The molecule has 2 heterocycles. The summed E-state index contributed by atoms with van der Waals surface area (Å²) in [4.78, 5) is 33.9. The number of likely N-dealkylation sites (tertiary alicyclic amines) is 1. The molecule has 2 aliphatic rings. The zero-order chi connectivity index (χ0) is 34.1. The first-order valence-electron chi connectivity index (χ1n) is 16.8. The number of amides is 2. The minimum atomic E-state index is -0.889. The van der Waals surface area contributed by atoms with Gasteiger partial charge in [-0.25, -0.2) is 4.99 Å². The molecule has 0 aliphatic carbocycles. The molecule has 3 N–H and O–H groups in total. The van der Waals surface area contributed by atoms with Crippen molar-refractivity contribution < 1.29 is 19.1 Å². The van der Waals surface area contributed by atoms with Crippen LogP contribution in [0.5, 0.6) is 0 Å². The lowest BCUT2D eigenvalue weighted by molar-refractivity contribution is -0.141. The molecule has 3 aromatic carbocycles. The molecule has 0 saturated carbocycles. The summed E-state index contributed by atoms with van der Waals surface area (Å²) in [6, 6.07) is 26.1. The van der Waals surface area contributed by atoms with Crippen LogP contribution in [0.4, 0.5) is 0 Å². The number of hydrogen-bond acceptors (Lipinski definition) is 6. The first-order chi connectivity index (χ1) is 23.1. The monoisotopic (exact) mass is 670 g/mol. The van der Waals surface area contributed by atoms with Crippen molar-refractivity contribution in [3.05, 3.63) is 119 Å². The van der Waals surface area contributed by atoms with Crippen LogP contribution in [0.25, 0.3) is 0 Å². The molecule has 5 rings (SSSR count). The Balaban J connectivity index is 1.37. The normalized spacial score (nSPS) is 20.9. The largest absolute Gasteiger partial charge is 0.478 e. The molecule has 0 aromatic heterocycles. The van der Waals surface area contributed by atoms with E-state index in [0.717, 1.165) is 30.4 Å². The lowest BCUT2D eigenvalue weighted by Gasteiger charge is -2.32. The zero-order valence-electron chi connectivity index (χ0n) is 28.1. The van der Waals surface area contributed by atoms with Gasteiger partial charge in [0.25, 0.3) is 0 Å². The van der Waals surface area contributed by atoms with E-state index in [0.29, 0.717) is 37.1 Å². The molecule has 9 heteroatoms. The molecule has 2 aliphatic heterocycles. The molecule has 8 nitrogen and oxygen atoms in total. The van der Waals surface area contributed by atoms with Crippen LogP contribution < -0.4 is 11.1 Å². The van der Waals surface area contributed by atoms with Crippen LogP contribution in [0.1, 0.15) is 50.3 Å². The van der Waals surface area contributed by atoms with Gasteiger partial charge in [-0.05, 0) is 75.3 Å². The third-order valence-corrected chi connectivity index (χ3v) is 9.28. The highest BCUT2D eigenvalue weighted by molar-refractivity contribution is 6.30. The number of ether oxygens (including phenoxy) is 2. The van der Waals surface area contributed by atoms with Crippen molar-refractivity contribution in [3.8, 4) is 0 Å². The number of aliphatic imine (C=N–C) groups is 1. The summed E-state index contributed by atoms with van der Waals surface area (Å²) < 4.78 is 12.4. The van der Waals surface area contributed by atoms with Crippen LogP contribution in [-0.2, 0) is 38.5 Å². The van der Waals surface area contributed by atoms with Gasteiger partial charge in [-0.15, -0.1) is 0 Å². The van der Waals surface area contributed by atoms with Crippen LogP contribution in [0.2, 0.25) is 5.02 Å². The van der Waals surface area contributed by atoms with Crippen molar-refractivity contribution in [2.75, 3.05) is 13.2 Å². The quantitative estimate of drug-likeness (QED) is 0.207. The molecule has 6 atom stereocenters. The molecule has 1 saturated heterocycles. The van der Waals surface area contributed by atoms with Crippen LogP contribution in [-0.4, -0.2) is 66.0 Å². The van der Waals surface area contributed by atoms with Gasteiger partial charge >= 0.3 is 0 Å². The number of nitrogens with two attached hydrogens (primary N) is 1. The highest BCUT2D eigenvalue weighted by atomic mass is 35.5. The maximum absolute atomic E-state index is 14.2. The fourth-order valence-electron chi connectivity index (χ4n) is 6.33. The lowest BCUT2D eigenvalue weighted by Crippen LogP contribution is -2.57. The summed E-state index contributed by atoms with van der Waals surface area (Å²) in [5.74, 6) is 0.0940. The van der Waals surface area contributed by atoms with E-state index >= 15 is 0 Å². The standard InChI is InChI=1S/C39H47ClN4O4/c1-27(41)36(45)43-35(28(2)47-25-30-14-8-5-9-15-30)37(46)44-21-11-18-34(44)19-20-39(3,24-31-16-10-17-32(40)22-31)38-42-33(26-48-38)23-29-12-6-4-7-13-29/h4-10,12-17,19-20,22,27-28,33-35H,11,18,21,23-26,41H2,1-3H3,(H,43,45)/b20-19+/t27-,28?,33-,34-,35-,39-/m0/s1. The van der Waals surface area contributed by atoms with Gasteiger partial charge in [0, 0.05) is 11.6 Å². The molecule has 0 radical (unpaired) electrons. The van der Waals surface area contributed by atoms with E-state index in [1.54, 1.807) is 6.92 Å². The summed E-state index contributed by atoms with van der Waals surface area (Å²) in [6.07, 6.45) is 6.72. The van der Waals surface area contributed by atoms with Crippen molar-refractivity contribution in [2.45, 2.75) is 83.3 Å². The predicted molar refractivity (Wildman–Crippen MR) is 191 cm³/mol. The fraction of sp³-hybridized carbons (Fsp3) is 0.410. The van der Waals surface area contributed by atoms with Gasteiger partial charge in [0.1, 0.15) is 12.6 Å². The smallest absolute Gasteiger partial charge is 0.248 e. The highest BCUT2D eigenvalue weighted by Gasteiger charge is 2.39. The Morgan fingerprint density at radius 2 is 1.75 bits per heavy atom. The molecule has 48 heavy (non-hydrogen) atoms. The van der Waals surface area contributed by atoms with Crippen LogP contribution >= 0.6 is 11.6 Å². The zero-order valence-corrected chi connectivity index (χ0v) is 28.8. The van der Waals surface area contributed by atoms with Gasteiger partial charge < -0.3 is 25.4 Å². The average molecular weight is 671 g/mol. The highest BCUT2D eigenvalue weighted by Crippen LogP contribution is 2.33. The molecular formula is C39H47ClN4O4. The Bertz CT molecular complexity index is 1580. The number of nitrogens with one attached hydrogen (secondary N) is 1. The molecule has 0 spiro atoms. The van der Waals surface area contributed by atoms with Crippen molar-refractivity contribution in [3.63, 3.8) is 0 Å².